The van der Waals surface area contributed by atoms with E-state index >= 15 is 0 Å². The Hall–Kier alpha value is -2.53. The molecule has 0 unspecified atom stereocenters. The molecule has 9 heteroatoms. The van der Waals surface area contributed by atoms with Crippen molar-refractivity contribution in [3.05, 3.63) is 62.9 Å². The first-order valence-corrected chi connectivity index (χ1v) is 12.0. The van der Waals surface area contributed by atoms with Gasteiger partial charge in [0.25, 0.3) is 5.91 Å². The number of rotatable bonds is 3. The summed E-state index contributed by atoms with van der Waals surface area (Å²) in [4.78, 5) is 14.0. The van der Waals surface area contributed by atoms with E-state index in [1.807, 2.05) is 37.1 Å². The summed E-state index contributed by atoms with van der Waals surface area (Å²) < 4.78 is 35.8. The molecule has 172 valence electrons. The number of nitrogens with one attached hydrogen (secondary N) is 1. The van der Waals surface area contributed by atoms with Crippen LogP contribution < -0.4 is 9.75 Å². The molecule has 3 aromatic rings. The summed E-state index contributed by atoms with van der Waals surface area (Å²) in [5, 5.41) is 10.5. The minimum atomic E-state index is -0.848. The lowest BCUT2D eigenvalue weighted by molar-refractivity contribution is 0.0830. The molecule has 2 aliphatic rings. The molecule has 1 amide bonds. The minimum Gasteiger partial charge on any atom is -0.482 e. The topological polar surface area (TPSA) is 61.5 Å². The van der Waals surface area contributed by atoms with Crippen molar-refractivity contribution in [1.82, 2.24) is 15.2 Å². The molecule has 1 N–H and O–H groups in total. The van der Waals surface area contributed by atoms with E-state index in [0.29, 0.717) is 30.1 Å². The largest absolute Gasteiger partial charge is 0.482 e. The molecule has 33 heavy (non-hydrogen) atoms. The van der Waals surface area contributed by atoms with Crippen LogP contribution >= 0.6 is 22.6 Å². The van der Waals surface area contributed by atoms with E-state index in [1.54, 1.807) is 0 Å². The van der Waals surface area contributed by atoms with Crippen molar-refractivity contribution >= 4 is 34.2 Å². The van der Waals surface area contributed by atoms with Crippen molar-refractivity contribution in [2.24, 2.45) is 0 Å². The van der Waals surface area contributed by atoms with Gasteiger partial charge < -0.3 is 4.74 Å². The fraction of sp³-hybridized carbons (Fsp3) is 0.333. The lowest BCUT2D eigenvalue weighted by Crippen LogP contribution is -2.50. The van der Waals surface area contributed by atoms with Crippen molar-refractivity contribution in [2.45, 2.75) is 38.7 Å². The Balaban J connectivity index is 1.64. The summed E-state index contributed by atoms with van der Waals surface area (Å²) >= 11 is 2.22. The molecule has 5 rings (SSSR count). The third kappa shape index (κ3) is 3.90. The Morgan fingerprint density at radius 2 is 1.91 bits per heavy atom. The van der Waals surface area contributed by atoms with E-state index < -0.39 is 23.1 Å². The van der Waals surface area contributed by atoms with Crippen LogP contribution in [0.1, 0.15) is 49.2 Å². The molecule has 0 aliphatic carbocycles. The Morgan fingerprint density at radius 1 is 1.15 bits per heavy atom. The van der Waals surface area contributed by atoms with Crippen LogP contribution in [0.4, 0.5) is 14.5 Å². The second kappa shape index (κ2) is 8.35. The van der Waals surface area contributed by atoms with E-state index in [4.69, 9.17) is 4.74 Å². The number of aromatic amines is 1. The van der Waals surface area contributed by atoms with Gasteiger partial charge in [0.15, 0.2) is 5.82 Å². The number of carbonyl (C=O) groups excluding carboxylic acids is 1. The quantitative estimate of drug-likeness (QED) is 0.419. The number of hydrazine groups is 1. The number of H-pyrrole nitrogens is 1. The number of benzene rings is 2. The van der Waals surface area contributed by atoms with Gasteiger partial charge in [-0.1, -0.05) is 6.42 Å². The van der Waals surface area contributed by atoms with Gasteiger partial charge in [0.1, 0.15) is 28.6 Å². The van der Waals surface area contributed by atoms with Crippen molar-refractivity contribution in [1.29, 1.82) is 0 Å². The maximum absolute atomic E-state index is 14.9. The molecule has 2 aliphatic heterocycles. The smallest absolute Gasteiger partial charge is 0.291 e. The van der Waals surface area contributed by atoms with E-state index in [-0.39, 0.29) is 11.4 Å². The van der Waals surface area contributed by atoms with Gasteiger partial charge in [0.2, 0.25) is 0 Å². The summed E-state index contributed by atoms with van der Waals surface area (Å²) in [7, 11) is 0. The predicted molar refractivity (Wildman–Crippen MR) is 129 cm³/mol. The number of hydrogen-bond acceptors (Lipinski definition) is 4. The highest BCUT2D eigenvalue weighted by Crippen LogP contribution is 2.46. The molecule has 0 saturated carbocycles. The first kappa shape index (κ1) is 22.3. The third-order valence-corrected chi connectivity index (χ3v) is 6.76. The van der Waals surface area contributed by atoms with Crippen LogP contribution in [0.25, 0.3) is 11.3 Å². The zero-order valence-corrected chi connectivity index (χ0v) is 20.4. The second-order valence-electron chi connectivity index (χ2n) is 8.80. The lowest BCUT2D eigenvalue weighted by atomic mass is 9.89. The van der Waals surface area contributed by atoms with Crippen molar-refractivity contribution in [3.63, 3.8) is 0 Å². The molecule has 0 radical (unpaired) electrons. The fourth-order valence-electron chi connectivity index (χ4n) is 4.61. The molecule has 2 aromatic carbocycles. The Morgan fingerprint density at radius 3 is 2.64 bits per heavy atom. The first-order chi connectivity index (χ1) is 15.8. The fourth-order valence-corrected chi connectivity index (χ4v) is 5.07. The van der Waals surface area contributed by atoms with Crippen LogP contribution in [0.3, 0.4) is 0 Å². The molecule has 1 aromatic heterocycles. The molecule has 6 nitrogen and oxygen atoms in total. The SMILES string of the molecule is CC1(C)Oc2cc(I)ccc2-c2n[nH]c(C(=O)N(c3ccc(F)cc3F)N3CCCCC3)c21. The second-order valence-corrected chi connectivity index (χ2v) is 10.0. The van der Waals surface area contributed by atoms with Crippen molar-refractivity contribution in [2.75, 3.05) is 18.1 Å². The highest BCUT2D eigenvalue weighted by atomic mass is 127. The molecular formula is C24H23F2IN4O2. The molecule has 1 fully saturated rings. The van der Waals surface area contributed by atoms with Gasteiger partial charge in [0, 0.05) is 28.3 Å². The van der Waals surface area contributed by atoms with Crippen LogP contribution in [-0.4, -0.2) is 34.2 Å². The number of piperidine rings is 1. The number of carbonyl (C=O) groups is 1. The molecule has 0 spiro atoms. The summed E-state index contributed by atoms with van der Waals surface area (Å²) in [6.45, 7) is 4.95. The average molecular weight is 564 g/mol. The molecule has 1 saturated heterocycles. The maximum Gasteiger partial charge on any atom is 0.291 e. The average Bonchev–Trinajstić information content (AvgIpc) is 3.22. The van der Waals surface area contributed by atoms with Crippen molar-refractivity contribution < 1.29 is 18.3 Å². The van der Waals surface area contributed by atoms with Gasteiger partial charge in [-0.25, -0.2) is 18.8 Å². The van der Waals surface area contributed by atoms with E-state index in [1.165, 1.54) is 11.1 Å². The highest BCUT2D eigenvalue weighted by molar-refractivity contribution is 14.1. The van der Waals surface area contributed by atoms with Gasteiger partial charge in [-0.15, -0.1) is 0 Å². The molecule has 3 heterocycles. The molecular weight excluding hydrogens is 541 g/mol. The summed E-state index contributed by atoms with van der Waals surface area (Å²) in [5.41, 5.74) is 1.44. The first-order valence-electron chi connectivity index (χ1n) is 10.9. The number of anilines is 1. The van der Waals surface area contributed by atoms with Crippen LogP contribution in [0.15, 0.2) is 36.4 Å². The number of halogens is 3. The molecule has 0 bridgehead atoms. The highest BCUT2D eigenvalue weighted by Gasteiger charge is 2.41. The summed E-state index contributed by atoms with van der Waals surface area (Å²) in [5.74, 6) is -1.25. The predicted octanol–water partition coefficient (Wildman–Crippen LogP) is 5.63. The molecule has 0 atom stereocenters. The monoisotopic (exact) mass is 564 g/mol. The summed E-state index contributed by atoms with van der Waals surface area (Å²) in [6, 6.07) is 9.07. The van der Waals surface area contributed by atoms with Crippen LogP contribution in [0.2, 0.25) is 0 Å². The lowest BCUT2D eigenvalue weighted by Gasteiger charge is -2.38. The van der Waals surface area contributed by atoms with Gasteiger partial charge in [-0.2, -0.15) is 5.10 Å². The van der Waals surface area contributed by atoms with Crippen molar-refractivity contribution in [3.8, 4) is 17.0 Å². The van der Waals surface area contributed by atoms with Gasteiger partial charge >= 0.3 is 0 Å². The third-order valence-electron chi connectivity index (χ3n) is 6.09. The van der Waals surface area contributed by atoms with Gasteiger partial charge in [0.05, 0.1) is 11.3 Å². The maximum atomic E-state index is 14.9. The Labute approximate surface area is 204 Å². The zero-order chi connectivity index (χ0) is 23.3. The number of hydrogen-bond donors (Lipinski definition) is 1. The zero-order valence-electron chi connectivity index (χ0n) is 18.3. The van der Waals surface area contributed by atoms with E-state index in [0.717, 1.165) is 40.5 Å². The van der Waals surface area contributed by atoms with Crippen LogP contribution in [0.5, 0.6) is 5.75 Å². The number of ether oxygens (including phenoxy) is 1. The standard InChI is InChI=1S/C24H23F2IN4O2/c1-24(2)20-21(16-8-7-15(27)13-19(16)33-24)28-29-22(20)23(32)31(30-10-4-3-5-11-30)18-9-6-14(25)12-17(18)26/h6-9,12-13H,3-5,10-11H2,1-2H3,(H,28,29). The Kier molecular flexibility index (Phi) is 5.64. The Bertz CT molecular complexity index is 1240. The van der Waals surface area contributed by atoms with E-state index in [2.05, 4.69) is 32.8 Å². The number of nitrogens with zero attached hydrogens (tertiary/aromatic N) is 3. The van der Waals surface area contributed by atoms with E-state index in [9.17, 15) is 13.6 Å². The van der Waals surface area contributed by atoms with Crippen LogP contribution in [0, 0.1) is 15.2 Å². The normalized spacial score (nSPS) is 17.1. The number of fused-ring (bicyclic) bond motifs is 3. The van der Waals surface area contributed by atoms with Gasteiger partial charge in [-0.3, -0.25) is 9.89 Å². The number of amides is 1. The minimum absolute atomic E-state index is 0.0103. The number of aromatic nitrogens is 2. The van der Waals surface area contributed by atoms with Gasteiger partial charge in [-0.05, 0) is 79.6 Å². The summed E-state index contributed by atoms with van der Waals surface area (Å²) in [6.07, 6.45) is 2.81. The van der Waals surface area contributed by atoms with Crippen LogP contribution in [-0.2, 0) is 5.60 Å².